The first-order valence-electron chi connectivity index (χ1n) is 9.32. The van der Waals surface area contributed by atoms with Crippen LogP contribution in [0, 0.1) is 5.92 Å². The van der Waals surface area contributed by atoms with Gasteiger partial charge in [-0.1, -0.05) is 39.8 Å². The lowest BCUT2D eigenvalue weighted by atomic mass is 9.99. The number of carbonyl (C=O) groups excluding carboxylic acids is 2. The largest absolute Gasteiger partial charge is 0.484 e. The molecule has 144 valence electrons. The van der Waals surface area contributed by atoms with E-state index >= 15 is 0 Å². The molecule has 5 nitrogen and oxygen atoms in total. The van der Waals surface area contributed by atoms with E-state index in [9.17, 15) is 9.59 Å². The molecule has 0 spiro atoms. The molecule has 0 saturated carbocycles. The van der Waals surface area contributed by atoms with E-state index in [0.717, 1.165) is 6.42 Å². The Hall–Kier alpha value is -2.82. The number of hydrogen-bond acceptors (Lipinski definition) is 3. The molecule has 0 saturated heterocycles. The normalized spacial score (nSPS) is 11.7. The van der Waals surface area contributed by atoms with Crippen LogP contribution >= 0.6 is 0 Å². The predicted octanol–water partition coefficient (Wildman–Crippen LogP) is 4.81. The maximum absolute atomic E-state index is 12.1. The van der Waals surface area contributed by atoms with Crippen LogP contribution in [0.4, 0.5) is 11.4 Å². The van der Waals surface area contributed by atoms with Gasteiger partial charge < -0.3 is 15.4 Å². The summed E-state index contributed by atoms with van der Waals surface area (Å²) in [5.41, 5.74) is 2.61. The molecule has 0 radical (unpaired) electrons. The van der Waals surface area contributed by atoms with Crippen LogP contribution in [0.3, 0.4) is 0 Å². The Labute approximate surface area is 161 Å². The van der Waals surface area contributed by atoms with Crippen molar-refractivity contribution in [3.05, 3.63) is 54.1 Å². The lowest BCUT2D eigenvalue weighted by Gasteiger charge is -2.11. The molecule has 2 aromatic rings. The predicted molar refractivity (Wildman–Crippen MR) is 109 cm³/mol. The van der Waals surface area contributed by atoms with Crippen LogP contribution < -0.4 is 15.4 Å². The second kappa shape index (κ2) is 9.76. The maximum Gasteiger partial charge on any atom is 0.262 e. The molecule has 2 amide bonds. The topological polar surface area (TPSA) is 67.4 Å². The first-order valence-corrected chi connectivity index (χ1v) is 9.32. The van der Waals surface area contributed by atoms with E-state index in [0.29, 0.717) is 23.0 Å². The van der Waals surface area contributed by atoms with Crippen molar-refractivity contribution in [3.8, 4) is 5.75 Å². The van der Waals surface area contributed by atoms with Crippen molar-refractivity contribution in [1.82, 2.24) is 0 Å². The van der Waals surface area contributed by atoms with E-state index in [-0.39, 0.29) is 24.3 Å². The highest BCUT2D eigenvalue weighted by Gasteiger charge is 2.08. The first kappa shape index (κ1) is 20.5. The van der Waals surface area contributed by atoms with Gasteiger partial charge in [0, 0.05) is 17.3 Å². The van der Waals surface area contributed by atoms with Gasteiger partial charge in [0.25, 0.3) is 5.91 Å². The Morgan fingerprint density at radius 1 is 0.889 bits per heavy atom. The highest BCUT2D eigenvalue weighted by molar-refractivity contribution is 5.94. The Morgan fingerprint density at radius 3 is 1.96 bits per heavy atom. The number of carbonyl (C=O) groups is 2. The number of nitrogens with one attached hydrogen (secondary N) is 2. The third kappa shape index (κ3) is 6.44. The molecule has 1 atom stereocenters. The van der Waals surface area contributed by atoms with Crippen LogP contribution in [0.2, 0.25) is 0 Å². The summed E-state index contributed by atoms with van der Waals surface area (Å²) in [5.74, 6) is 0.819. The van der Waals surface area contributed by atoms with Gasteiger partial charge in [-0.15, -0.1) is 0 Å². The van der Waals surface area contributed by atoms with Gasteiger partial charge in [0.15, 0.2) is 6.61 Å². The van der Waals surface area contributed by atoms with Crippen LogP contribution in [0.25, 0.3) is 0 Å². The van der Waals surface area contributed by atoms with Crippen molar-refractivity contribution in [2.75, 3.05) is 17.2 Å². The zero-order valence-corrected chi connectivity index (χ0v) is 16.4. The van der Waals surface area contributed by atoms with Gasteiger partial charge in [0.2, 0.25) is 5.91 Å². The summed E-state index contributed by atoms with van der Waals surface area (Å²) in [7, 11) is 0. The smallest absolute Gasteiger partial charge is 0.262 e. The van der Waals surface area contributed by atoms with Gasteiger partial charge in [-0.25, -0.2) is 0 Å². The molecular formula is C22H28N2O3. The van der Waals surface area contributed by atoms with Gasteiger partial charge in [0.1, 0.15) is 5.75 Å². The van der Waals surface area contributed by atoms with Crippen molar-refractivity contribution in [1.29, 1.82) is 0 Å². The zero-order chi connectivity index (χ0) is 19.8. The van der Waals surface area contributed by atoms with Crippen molar-refractivity contribution in [3.63, 3.8) is 0 Å². The van der Waals surface area contributed by atoms with E-state index in [1.807, 2.05) is 38.1 Å². The average Bonchev–Trinajstić information content (AvgIpc) is 2.67. The minimum atomic E-state index is -0.236. The Kier molecular flexibility index (Phi) is 7.41. The van der Waals surface area contributed by atoms with Crippen molar-refractivity contribution in [2.45, 2.75) is 40.0 Å². The lowest BCUT2D eigenvalue weighted by molar-refractivity contribution is -0.119. The van der Waals surface area contributed by atoms with Gasteiger partial charge in [-0.3, -0.25) is 9.59 Å². The molecule has 27 heavy (non-hydrogen) atoms. The summed E-state index contributed by atoms with van der Waals surface area (Å²) in [5, 5.41) is 5.59. The molecule has 0 aromatic heterocycles. The van der Waals surface area contributed by atoms with Gasteiger partial charge in [-0.2, -0.15) is 0 Å². The maximum atomic E-state index is 12.1. The monoisotopic (exact) mass is 368 g/mol. The van der Waals surface area contributed by atoms with Gasteiger partial charge in [-0.05, 0) is 54.3 Å². The van der Waals surface area contributed by atoms with E-state index in [1.54, 1.807) is 24.3 Å². The van der Waals surface area contributed by atoms with Crippen LogP contribution in [-0.4, -0.2) is 18.4 Å². The van der Waals surface area contributed by atoms with Crippen LogP contribution in [0.15, 0.2) is 48.5 Å². The van der Waals surface area contributed by atoms with E-state index in [2.05, 4.69) is 24.5 Å². The molecule has 2 N–H and O–H groups in total. The van der Waals surface area contributed by atoms with Crippen molar-refractivity contribution < 1.29 is 14.3 Å². The average molecular weight is 368 g/mol. The van der Waals surface area contributed by atoms with Crippen LogP contribution in [-0.2, 0) is 9.59 Å². The Balaban J connectivity index is 1.82. The number of anilines is 2. The summed E-state index contributed by atoms with van der Waals surface area (Å²) in [6.45, 7) is 7.95. The second-order valence-corrected chi connectivity index (χ2v) is 6.94. The fourth-order valence-electron chi connectivity index (χ4n) is 2.40. The standard InChI is InChI=1S/C22H28N2O3/c1-5-16(4)17-6-12-20(13-7-17)27-14-21(25)23-18-8-10-19(11-9-18)24-22(26)15(2)3/h6-13,15-16H,5,14H2,1-4H3,(H,23,25)(H,24,26)/t16-/m1/s1. The molecule has 0 bridgehead atoms. The quantitative estimate of drug-likeness (QED) is 0.702. The van der Waals surface area contributed by atoms with E-state index < -0.39 is 0 Å². The van der Waals surface area contributed by atoms with E-state index in [1.165, 1.54) is 5.56 Å². The van der Waals surface area contributed by atoms with Crippen molar-refractivity contribution in [2.24, 2.45) is 5.92 Å². The van der Waals surface area contributed by atoms with Crippen LogP contribution in [0.1, 0.15) is 45.6 Å². The van der Waals surface area contributed by atoms with Gasteiger partial charge in [0.05, 0.1) is 0 Å². The molecule has 0 aliphatic heterocycles. The van der Waals surface area contributed by atoms with Gasteiger partial charge >= 0.3 is 0 Å². The fraction of sp³-hybridized carbons (Fsp3) is 0.364. The molecule has 0 unspecified atom stereocenters. The third-order valence-electron chi connectivity index (χ3n) is 4.39. The SMILES string of the molecule is CC[C@@H](C)c1ccc(OCC(=O)Nc2ccc(NC(=O)C(C)C)cc2)cc1. The molecular weight excluding hydrogens is 340 g/mol. The molecule has 5 heteroatoms. The van der Waals surface area contributed by atoms with Crippen molar-refractivity contribution >= 4 is 23.2 Å². The molecule has 0 fully saturated rings. The number of amides is 2. The molecule has 0 aliphatic carbocycles. The number of rotatable bonds is 8. The second-order valence-electron chi connectivity index (χ2n) is 6.94. The van der Waals surface area contributed by atoms with E-state index in [4.69, 9.17) is 4.74 Å². The molecule has 0 heterocycles. The third-order valence-corrected chi connectivity index (χ3v) is 4.39. The first-order chi connectivity index (χ1) is 12.9. The summed E-state index contributed by atoms with van der Waals surface area (Å²) in [6, 6.07) is 14.8. The Morgan fingerprint density at radius 2 is 1.44 bits per heavy atom. The number of hydrogen-bond donors (Lipinski definition) is 2. The highest BCUT2D eigenvalue weighted by atomic mass is 16.5. The Bertz CT molecular complexity index is 752. The fourth-order valence-corrected chi connectivity index (χ4v) is 2.40. The molecule has 0 aliphatic rings. The zero-order valence-electron chi connectivity index (χ0n) is 16.4. The minimum Gasteiger partial charge on any atom is -0.484 e. The summed E-state index contributed by atoms with van der Waals surface area (Å²) in [6.07, 6.45) is 1.09. The minimum absolute atomic E-state index is 0.0421. The summed E-state index contributed by atoms with van der Waals surface area (Å²) in [4.78, 5) is 23.7. The number of benzene rings is 2. The number of ether oxygens (including phenoxy) is 1. The summed E-state index contributed by atoms with van der Waals surface area (Å²) < 4.78 is 5.54. The summed E-state index contributed by atoms with van der Waals surface area (Å²) >= 11 is 0. The van der Waals surface area contributed by atoms with Crippen LogP contribution in [0.5, 0.6) is 5.75 Å². The molecule has 2 rings (SSSR count). The molecule has 2 aromatic carbocycles. The highest BCUT2D eigenvalue weighted by Crippen LogP contribution is 2.21. The lowest BCUT2D eigenvalue weighted by Crippen LogP contribution is -2.20.